The van der Waals surface area contributed by atoms with Gasteiger partial charge in [-0.1, -0.05) is 12.1 Å². The fourth-order valence-corrected chi connectivity index (χ4v) is 3.83. The Balaban J connectivity index is 1.31. The number of carbonyl (C=O) groups is 1. The second-order valence-electron chi connectivity index (χ2n) is 7.35. The smallest absolute Gasteiger partial charge is 0.349 e. The van der Waals surface area contributed by atoms with Gasteiger partial charge in [0.1, 0.15) is 11.8 Å². The third kappa shape index (κ3) is 3.48. The molecule has 3 aromatic heterocycles. The van der Waals surface area contributed by atoms with Crippen LogP contribution >= 0.6 is 0 Å². The molecule has 0 N–H and O–H groups in total. The first kappa shape index (κ1) is 19.1. The fraction of sp³-hybridized carbons (Fsp3) is 0.273. The van der Waals surface area contributed by atoms with Gasteiger partial charge < -0.3 is 22.9 Å². The number of piperidine rings is 1. The minimum absolute atomic E-state index is 0.0132. The highest BCUT2D eigenvalue weighted by molar-refractivity contribution is 5.97. The molecule has 1 aliphatic rings. The molecule has 1 aliphatic heterocycles. The number of nitrogens with zero attached hydrogens (tertiary/aromatic N) is 3. The highest BCUT2D eigenvalue weighted by atomic mass is 16.5. The Morgan fingerprint density at radius 3 is 2.74 bits per heavy atom. The monoisotopic (exact) mass is 421 g/mol. The van der Waals surface area contributed by atoms with Crippen molar-refractivity contribution in [3.05, 3.63) is 64.7 Å². The largest absolute Gasteiger partial charge is 0.493 e. The molecule has 0 radical (unpaired) electrons. The van der Waals surface area contributed by atoms with Crippen LogP contribution in [0.3, 0.4) is 0 Å². The van der Waals surface area contributed by atoms with E-state index in [9.17, 15) is 9.59 Å². The van der Waals surface area contributed by atoms with Crippen LogP contribution < -0.4 is 10.4 Å². The van der Waals surface area contributed by atoms with Crippen molar-refractivity contribution in [1.29, 1.82) is 0 Å². The SMILES string of the molecule is COc1cccc2cc(C(=O)N3CCC(c4nnc(-c5ccoc5)o4)CC3)c(=O)oc12. The van der Waals surface area contributed by atoms with Crippen molar-refractivity contribution in [2.75, 3.05) is 20.2 Å². The lowest BCUT2D eigenvalue weighted by Gasteiger charge is -2.30. The quantitative estimate of drug-likeness (QED) is 0.461. The van der Waals surface area contributed by atoms with Gasteiger partial charge in [0.15, 0.2) is 11.3 Å². The summed E-state index contributed by atoms with van der Waals surface area (Å²) in [5, 5.41) is 8.85. The van der Waals surface area contributed by atoms with Crippen molar-refractivity contribution in [2.45, 2.75) is 18.8 Å². The van der Waals surface area contributed by atoms with Gasteiger partial charge >= 0.3 is 5.63 Å². The molecule has 1 saturated heterocycles. The maximum absolute atomic E-state index is 13.0. The van der Waals surface area contributed by atoms with Crippen LogP contribution in [0, 0.1) is 0 Å². The molecule has 5 rings (SSSR count). The van der Waals surface area contributed by atoms with E-state index in [1.165, 1.54) is 7.11 Å². The minimum atomic E-state index is -0.675. The van der Waals surface area contributed by atoms with E-state index in [1.54, 1.807) is 47.8 Å². The van der Waals surface area contributed by atoms with E-state index in [1.807, 2.05) is 0 Å². The van der Waals surface area contributed by atoms with E-state index in [0.717, 1.165) is 5.56 Å². The zero-order valence-corrected chi connectivity index (χ0v) is 16.7. The van der Waals surface area contributed by atoms with Crippen LogP contribution in [0.1, 0.15) is 35.0 Å². The number of likely N-dealkylation sites (tertiary alicyclic amines) is 1. The van der Waals surface area contributed by atoms with Gasteiger partial charge in [0.2, 0.25) is 5.89 Å². The van der Waals surface area contributed by atoms with Crippen molar-refractivity contribution in [3.63, 3.8) is 0 Å². The third-order valence-electron chi connectivity index (χ3n) is 5.51. The summed E-state index contributed by atoms with van der Waals surface area (Å²) in [5.41, 5.74) is 0.395. The van der Waals surface area contributed by atoms with Gasteiger partial charge in [0.25, 0.3) is 11.8 Å². The average Bonchev–Trinajstić information content (AvgIpc) is 3.50. The highest BCUT2D eigenvalue weighted by Crippen LogP contribution is 2.30. The van der Waals surface area contributed by atoms with Crippen LogP contribution in [-0.4, -0.2) is 41.2 Å². The van der Waals surface area contributed by atoms with Gasteiger partial charge in [-0.15, -0.1) is 10.2 Å². The number of furan rings is 1. The average molecular weight is 421 g/mol. The predicted molar refractivity (Wildman–Crippen MR) is 109 cm³/mol. The van der Waals surface area contributed by atoms with Crippen LogP contribution in [-0.2, 0) is 0 Å². The molecule has 9 nitrogen and oxygen atoms in total. The Morgan fingerprint density at radius 1 is 1.16 bits per heavy atom. The lowest BCUT2D eigenvalue weighted by atomic mass is 9.96. The summed E-state index contributed by atoms with van der Waals surface area (Å²) in [6.45, 7) is 0.949. The number of methoxy groups -OCH3 is 1. The third-order valence-corrected chi connectivity index (χ3v) is 5.51. The number of hydrogen-bond donors (Lipinski definition) is 0. The highest BCUT2D eigenvalue weighted by Gasteiger charge is 2.29. The summed E-state index contributed by atoms with van der Waals surface area (Å²) in [6, 6.07) is 8.57. The van der Waals surface area contributed by atoms with Gasteiger partial charge in [-0.2, -0.15) is 0 Å². The van der Waals surface area contributed by atoms with Gasteiger partial charge in [0.05, 0.1) is 18.9 Å². The molecule has 0 atom stereocenters. The molecule has 0 aliphatic carbocycles. The zero-order valence-electron chi connectivity index (χ0n) is 16.7. The number of hydrogen-bond acceptors (Lipinski definition) is 8. The van der Waals surface area contributed by atoms with Crippen molar-refractivity contribution in [3.8, 4) is 17.2 Å². The number of benzene rings is 1. The maximum Gasteiger partial charge on any atom is 0.349 e. The second-order valence-corrected chi connectivity index (χ2v) is 7.35. The minimum Gasteiger partial charge on any atom is -0.493 e. The number of fused-ring (bicyclic) bond motifs is 1. The molecule has 0 unspecified atom stereocenters. The number of para-hydroxylation sites is 1. The summed E-state index contributed by atoms with van der Waals surface area (Å²) in [6.07, 6.45) is 4.41. The molecular weight excluding hydrogens is 402 g/mol. The number of amides is 1. The zero-order chi connectivity index (χ0) is 21.4. The summed E-state index contributed by atoms with van der Waals surface area (Å²) in [5.74, 6) is 1.10. The van der Waals surface area contributed by atoms with E-state index in [4.69, 9.17) is 18.0 Å². The van der Waals surface area contributed by atoms with Crippen molar-refractivity contribution >= 4 is 16.9 Å². The normalized spacial score (nSPS) is 14.8. The standard InChI is InChI=1S/C22H19N3O6/c1-28-17-4-2-3-14-11-16(22(27)30-18(14)17)21(26)25-8-5-13(6-9-25)19-23-24-20(31-19)15-7-10-29-12-15/h2-4,7,10-13H,5-6,8-9H2,1H3. The second kappa shape index (κ2) is 7.75. The summed E-state index contributed by atoms with van der Waals surface area (Å²) < 4.78 is 21.4. The molecule has 0 spiro atoms. The molecule has 1 aromatic carbocycles. The molecule has 31 heavy (non-hydrogen) atoms. The first-order valence-corrected chi connectivity index (χ1v) is 9.90. The van der Waals surface area contributed by atoms with Crippen molar-refractivity contribution in [2.24, 2.45) is 0 Å². The maximum atomic E-state index is 13.0. The molecular formula is C22H19N3O6. The molecule has 0 saturated carbocycles. The van der Waals surface area contributed by atoms with E-state index in [2.05, 4.69) is 10.2 Å². The van der Waals surface area contributed by atoms with Crippen LogP contribution in [0.25, 0.3) is 22.4 Å². The Kier molecular flexibility index (Phi) is 4.78. The van der Waals surface area contributed by atoms with E-state index in [-0.39, 0.29) is 17.4 Å². The van der Waals surface area contributed by atoms with Crippen LogP contribution in [0.5, 0.6) is 5.75 Å². The van der Waals surface area contributed by atoms with E-state index >= 15 is 0 Å². The lowest BCUT2D eigenvalue weighted by Crippen LogP contribution is -2.39. The van der Waals surface area contributed by atoms with Gasteiger partial charge in [-0.05, 0) is 31.0 Å². The Hall–Kier alpha value is -3.88. The number of aromatic nitrogens is 2. The molecule has 9 heteroatoms. The summed E-state index contributed by atoms with van der Waals surface area (Å²) >= 11 is 0. The molecule has 4 heterocycles. The summed E-state index contributed by atoms with van der Waals surface area (Å²) in [7, 11) is 1.50. The lowest BCUT2D eigenvalue weighted by molar-refractivity contribution is 0.0702. The molecule has 4 aromatic rings. The van der Waals surface area contributed by atoms with Crippen molar-refractivity contribution in [1.82, 2.24) is 15.1 Å². The first-order valence-electron chi connectivity index (χ1n) is 9.90. The van der Waals surface area contributed by atoms with Crippen molar-refractivity contribution < 1.29 is 22.8 Å². The number of rotatable bonds is 4. The first-order chi connectivity index (χ1) is 15.1. The molecule has 158 valence electrons. The summed E-state index contributed by atoms with van der Waals surface area (Å²) in [4.78, 5) is 27.1. The molecule has 1 amide bonds. The van der Waals surface area contributed by atoms with Crippen LogP contribution in [0.15, 0.2) is 60.9 Å². The predicted octanol–water partition coefficient (Wildman–Crippen LogP) is 3.46. The van der Waals surface area contributed by atoms with Crippen LogP contribution in [0.2, 0.25) is 0 Å². The van der Waals surface area contributed by atoms with E-state index in [0.29, 0.717) is 54.4 Å². The molecule has 1 fully saturated rings. The molecule has 0 bridgehead atoms. The number of ether oxygens (including phenoxy) is 1. The van der Waals surface area contributed by atoms with Crippen LogP contribution in [0.4, 0.5) is 0 Å². The van der Waals surface area contributed by atoms with E-state index < -0.39 is 5.63 Å². The Labute approximate surface area is 176 Å². The van der Waals surface area contributed by atoms with Gasteiger partial charge in [0, 0.05) is 24.4 Å². The van der Waals surface area contributed by atoms with Gasteiger partial charge in [-0.25, -0.2) is 4.79 Å². The van der Waals surface area contributed by atoms with Gasteiger partial charge in [-0.3, -0.25) is 4.79 Å². The fourth-order valence-electron chi connectivity index (χ4n) is 3.83. The Morgan fingerprint density at radius 2 is 2.00 bits per heavy atom. The number of carbonyl (C=O) groups excluding carboxylic acids is 1. The Bertz CT molecular complexity index is 1280. The topological polar surface area (TPSA) is 112 Å².